The maximum Gasteiger partial charge on any atom is 0.269 e. The predicted molar refractivity (Wildman–Crippen MR) is 101 cm³/mol. The smallest absolute Gasteiger partial charge is 0.269 e. The monoisotopic (exact) mass is 357 g/mol. The van der Waals surface area contributed by atoms with Crippen LogP contribution in [0.25, 0.3) is 11.3 Å². The number of rotatable bonds is 3. The van der Waals surface area contributed by atoms with E-state index in [-0.39, 0.29) is 11.3 Å². The van der Waals surface area contributed by atoms with Crippen molar-refractivity contribution in [1.29, 1.82) is 0 Å². The minimum atomic E-state index is -0.159. The van der Waals surface area contributed by atoms with Crippen LogP contribution in [0.3, 0.4) is 0 Å². The highest BCUT2D eigenvalue weighted by Crippen LogP contribution is 2.29. The molecule has 0 bridgehead atoms. The largest absolute Gasteiger partial charge is 0.297 e. The SMILES string of the molecule is Cc1ccccc1-c1csc(NC(=O)c2cnc(C(C)(C)C)s2)n1. The van der Waals surface area contributed by atoms with Gasteiger partial charge >= 0.3 is 0 Å². The second-order valence-corrected chi connectivity index (χ2v) is 8.48. The fraction of sp³-hybridized carbons (Fsp3) is 0.278. The lowest BCUT2D eigenvalue weighted by atomic mass is 9.98. The summed E-state index contributed by atoms with van der Waals surface area (Å²) in [6, 6.07) is 8.09. The van der Waals surface area contributed by atoms with Gasteiger partial charge in [-0.15, -0.1) is 22.7 Å². The third-order valence-corrected chi connectivity index (χ3v) is 5.70. The maximum atomic E-state index is 12.4. The van der Waals surface area contributed by atoms with Gasteiger partial charge in [0.15, 0.2) is 5.13 Å². The van der Waals surface area contributed by atoms with E-state index >= 15 is 0 Å². The molecule has 6 heteroatoms. The minimum absolute atomic E-state index is 0.0532. The van der Waals surface area contributed by atoms with Gasteiger partial charge in [0.25, 0.3) is 5.91 Å². The maximum absolute atomic E-state index is 12.4. The standard InChI is InChI=1S/C18H19N3OS2/c1-11-7-5-6-8-12(11)13-10-23-17(20-13)21-15(22)14-9-19-16(24-14)18(2,3)4/h5-10H,1-4H3,(H,20,21,22). The zero-order valence-electron chi connectivity index (χ0n) is 14.1. The number of carbonyl (C=O) groups excluding carboxylic acids is 1. The van der Waals surface area contributed by atoms with Gasteiger partial charge in [0, 0.05) is 16.4 Å². The molecule has 124 valence electrons. The molecule has 2 aromatic heterocycles. The Bertz CT molecular complexity index is 874. The van der Waals surface area contributed by atoms with Gasteiger partial charge in [-0.05, 0) is 12.5 Å². The van der Waals surface area contributed by atoms with E-state index < -0.39 is 0 Å². The Hall–Kier alpha value is -2.05. The zero-order chi connectivity index (χ0) is 17.3. The van der Waals surface area contributed by atoms with Crippen LogP contribution in [0.2, 0.25) is 0 Å². The average molecular weight is 358 g/mol. The molecular formula is C18H19N3OS2. The number of amides is 1. The molecule has 1 amide bonds. The van der Waals surface area contributed by atoms with E-state index in [1.54, 1.807) is 6.20 Å². The van der Waals surface area contributed by atoms with E-state index in [2.05, 4.69) is 49.0 Å². The third kappa shape index (κ3) is 3.55. The Morgan fingerprint density at radius 1 is 1.21 bits per heavy atom. The van der Waals surface area contributed by atoms with Crippen molar-refractivity contribution in [3.8, 4) is 11.3 Å². The molecule has 24 heavy (non-hydrogen) atoms. The number of aryl methyl sites for hydroxylation is 1. The first-order chi connectivity index (χ1) is 11.3. The van der Waals surface area contributed by atoms with Crippen molar-refractivity contribution in [2.75, 3.05) is 5.32 Å². The highest BCUT2D eigenvalue weighted by Gasteiger charge is 2.21. The summed E-state index contributed by atoms with van der Waals surface area (Å²) in [7, 11) is 0. The van der Waals surface area contributed by atoms with E-state index in [1.165, 1.54) is 22.7 Å². The van der Waals surface area contributed by atoms with Crippen LogP contribution in [0.1, 0.15) is 41.0 Å². The van der Waals surface area contributed by atoms with E-state index in [9.17, 15) is 4.79 Å². The molecule has 0 atom stereocenters. The summed E-state index contributed by atoms with van der Waals surface area (Å²) in [6.45, 7) is 8.31. The summed E-state index contributed by atoms with van der Waals surface area (Å²) < 4.78 is 0. The lowest BCUT2D eigenvalue weighted by Gasteiger charge is -2.13. The molecule has 1 aromatic carbocycles. The lowest BCUT2D eigenvalue weighted by Crippen LogP contribution is -2.10. The van der Waals surface area contributed by atoms with Crippen LogP contribution in [-0.2, 0) is 5.41 Å². The molecule has 0 aliphatic heterocycles. The molecule has 0 aliphatic carbocycles. The van der Waals surface area contributed by atoms with Crippen molar-refractivity contribution in [1.82, 2.24) is 9.97 Å². The molecule has 0 saturated carbocycles. The van der Waals surface area contributed by atoms with Crippen molar-refractivity contribution in [2.24, 2.45) is 0 Å². The molecule has 0 fully saturated rings. The quantitative estimate of drug-likeness (QED) is 0.707. The minimum Gasteiger partial charge on any atom is -0.297 e. The van der Waals surface area contributed by atoms with Crippen LogP contribution in [0.4, 0.5) is 5.13 Å². The van der Waals surface area contributed by atoms with Crippen molar-refractivity contribution in [3.05, 3.63) is 51.3 Å². The van der Waals surface area contributed by atoms with Crippen molar-refractivity contribution < 1.29 is 4.79 Å². The van der Waals surface area contributed by atoms with Crippen LogP contribution in [-0.4, -0.2) is 15.9 Å². The fourth-order valence-electron chi connectivity index (χ4n) is 2.20. The van der Waals surface area contributed by atoms with Gasteiger partial charge in [0.2, 0.25) is 0 Å². The van der Waals surface area contributed by atoms with Crippen LogP contribution in [0.15, 0.2) is 35.8 Å². The fourth-order valence-corrected chi connectivity index (χ4v) is 3.77. The number of hydrogen-bond donors (Lipinski definition) is 1. The summed E-state index contributed by atoms with van der Waals surface area (Å²) in [5, 5.41) is 6.39. The molecule has 4 nitrogen and oxygen atoms in total. The number of hydrogen-bond acceptors (Lipinski definition) is 5. The third-order valence-electron chi connectivity index (χ3n) is 3.52. The van der Waals surface area contributed by atoms with Gasteiger partial charge in [0.05, 0.1) is 16.9 Å². The van der Waals surface area contributed by atoms with E-state index in [1.807, 2.05) is 23.6 Å². The Labute approximate surface area is 149 Å². The summed E-state index contributed by atoms with van der Waals surface area (Å²) in [5.41, 5.74) is 3.08. The number of carbonyl (C=O) groups is 1. The highest BCUT2D eigenvalue weighted by molar-refractivity contribution is 7.15. The molecule has 3 rings (SSSR count). The first kappa shape index (κ1) is 16.8. The number of nitrogens with one attached hydrogen (secondary N) is 1. The molecule has 2 heterocycles. The van der Waals surface area contributed by atoms with Crippen molar-refractivity contribution >= 4 is 33.7 Å². The second kappa shape index (κ2) is 6.45. The van der Waals surface area contributed by atoms with Crippen LogP contribution < -0.4 is 5.32 Å². The molecule has 0 unspecified atom stereocenters. The predicted octanol–water partition coefficient (Wildman–Crippen LogP) is 5.12. The lowest BCUT2D eigenvalue weighted by molar-refractivity contribution is 0.103. The summed E-state index contributed by atoms with van der Waals surface area (Å²) >= 11 is 2.86. The van der Waals surface area contributed by atoms with Crippen LogP contribution >= 0.6 is 22.7 Å². The number of anilines is 1. The van der Waals surface area contributed by atoms with Gasteiger partial charge in [-0.2, -0.15) is 0 Å². The molecule has 0 saturated heterocycles. The molecule has 3 aromatic rings. The van der Waals surface area contributed by atoms with Gasteiger partial charge < -0.3 is 0 Å². The van der Waals surface area contributed by atoms with Crippen molar-refractivity contribution in [3.63, 3.8) is 0 Å². The molecule has 1 N–H and O–H groups in total. The zero-order valence-corrected chi connectivity index (χ0v) is 15.7. The Balaban J connectivity index is 1.76. The summed E-state index contributed by atoms with van der Waals surface area (Å²) in [4.78, 5) is 21.9. The van der Waals surface area contributed by atoms with E-state index in [4.69, 9.17) is 0 Å². The van der Waals surface area contributed by atoms with Gasteiger partial charge in [-0.25, -0.2) is 9.97 Å². The van der Waals surface area contributed by atoms with E-state index in [0.717, 1.165) is 21.8 Å². The first-order valence-corrected chi connectivity index (χ1v) is 9.33. The Morgan fingerprint density at radius 2 is 1.96 bits per heavy atom. The summed E-state index contributed by atoms with van der Waals surface area (Å²) in [6.07, 6.45) is 1.64. The highest BCUT2D eigenvalue weighted by atomic mass is 32.1. The molecular weight excluding hydrogens is 338 g/mol. The first-order valence-electron chi connectivity index (χ1n) is 7.64. The second-order valence-electron chi connectivity index (χ2n) is 6.59. The Kier molecular flexibility index (Phi) is 4.51. The van der Waals surface area contributed by atoms with E-state index in [0.29, 0.717) is 10.0 Å². The number of thiazole rings is 2. The molecule has 0 aliphatic rings. The number of benzene rings is 1. The van der Waals surface area contributed by atoms with Crippen LogP contribution in [0.5, 0.6) is 0 Å². The number of nitrogens with zero attached hydrogens (tertiary/aromatic N) is 2. The van der Waals surface area contributed by atoms with Crippen molar-refractivity contribution in [2.45, 2.75) is 33.1 Å². The molecule has 0 spiro atoms. The van der Waals surface area contributed by atoms with Crippen LogP contribution in [0, 0.1) is 6.92 Å². The average Bonchev–Trinajstić information content (AvgIpc) is 3.16. The number of aromatic nitrogens is 2. The molecule has 0 radical (unpaired) electrons. The topological polar surface area (TPSA) is 54.9 Å². The Morgan fingerprint density at radius 3 is 2.62 bits per heavy atom. The van der Waals surface area contributed by atoms with Gasteiger partial charge in [-0.1, -0.05) is 45.0 Å². The van der Waals surface area contributed by atoms with Gasteiger partial charge in [-0.3, -0.25) is 10.1 Å². The summed E-state index contributed by atoms with van der Waals surface area (Å²) in [5.74, 6) is -0.159. The normalized spacial score (nSPS) is 11.5. The van der Waals surface area contributed by atoms with Gasteiger partial charge in [0.1, 0.15) is 4.88 Å².